The maximum atomic E-state index is 12.0. The SMILES string of the molecule is O=[N+]([O-])c1ccccc1S(=O)(=O)N=C1CCCC1. The summed E-state index contributed by atoms with van der Waals surface area (Å²) in [5.74, 6) is 0. The Bertz CT molecular complexity index is 599. The summed E-state index contributed by atoms with van der Waals surface area (Å²) in [5, 5.41) is 10.8. The molecule has 0 aromatic heterocycles. The van der Waals surface area contributed by atoms with Crippen LogP contribution in [0.5, 0.6) is 0 Å². The zero-order valence-corrected chi connectivity index (χ0v) is 10.4. The van der Waals surface area contributed by atoms with E-state index in [9.17, 15) is 18.5 Å². The number of benzene rings is 1. The van der Waals surface area contributed by atoms with Crippen LogP contribution in [-0.4, -0.2) is 19.1 Å². The van der Waals surface area contributed by atoms with Crippen LogP contribution in [0.25, 0.3) is 0 Å². The number of nitrogens with zero attached hydrogens (tertiary/aromatic N) is 2. The zero-order chi connectivity index (χ0) is 13.2. The molecule has 0 amide bonds. The lowest BCUT2D eigenvalue weighted by atomic mass is 10.3. The Morgan fingerprint density at radius 1 is 1.17 bits per heavy atom. The second kappa shape index (κ2) is 4.85. The molecule has 1 aliphatic rings. The van der Waals surface area contributed by atoms with Gasteiger partial charge in [-0.25, -0.2) is 0 Å². The van der Waals surface area contributed by atoms with Gasteiger partial charge in [-0.3, -0.25) is 10.1 Å². The van der Waals surface area contributed by atoms with Crippen LogP contribution in [0.4, 0.5) is 5.69 Å². The summed E-state index contributed by atoms with van der Waals surface area (Å²) in [7, 11) is -3.97. The molecule has 0 N–H and O–H groups in total. The van der Waals surface area contributed by atoms with Gasteiger partial charge in [-0.15, -0.1) is 0 Å². The first-order valence-electron chi connectivity index (χ1n) is 5.57. The molecule has 1 aromatic carbocycles. The van der Waals surface area contributed by atoms with Crippen LogP contribution < -0.4 is 0 Å². The Morgan fingerprint density at radius 3 is 2.39 bits per heavy atom. The fourth-order valence-electron chi connectivity index (χ4n) is 1.92. The maximum Gasteiger partial charge on any atom is 0.289 e. The molecule has 0 bridgehead atoms. The number of nitro groups is 1. The maximum absolute atomic E-state index is 12.0. The third kappa shape index (κ3) is 2.56. The Labute approximate surface area is 105 Å². The van der Waals surface area contributed by atoms with Crippen molar-refractivity contribution in [1.82, 2.24) is 0 Å². The number of rotatable bonds is 3. The molecule has 96 valence electrons. The van der Waals surface area contributed by atoms with Crippen LogP contribution in [-0.2, 0) is 10.0 Å². The van der Waals surface area contributed by atoms with Gasteiger partial charge in [0, 0.05) is 11.8 Å². The molecule has 0 heterocycles. The van der Waals surface area contributed by atoms with E-state index in [1.165, 1.54) is 24.3 Å². The van der Waals surface area contributed by atoms with Crippen molar-refractivity contribution >= 4 is 21.4 Å². The van der Waals surface area contributed by atoms with E-state index in [0.717, 1.165) is 12.8 Å². The Morgan fingerprint density at radius 2 is 1.78 bits per heavy atom. The number of hydrogen-bond donors (Lipinski definition) is 0. The molecule has 1 fully saturated rings. The molecule has 1 aliphatic carbocycles. The highest BCUT2D eigenvalue weighted by atomic mass is 32.2. The predicted molar refractivity (Wildman–Crippen MR) is 66.2 cm³/mol. The second-order valence-corrected chi connectivity index (χ2v) is 5.64. The standard InChI is InChI=1S/C11H12N2O4S/c14-13(15)10-7-3-4-8-11(10)18(16,17)12-9-5-1-2-6-9/h3-4,7-8H,1-2,5-6H2. The van der Waals surface area contributed by atoms with E-state index >= 15 is 0 Å². The molecular weight excluding hydrogens is 256 g/mol. The number of para-hydroxylation sites is 1. The normalized spacial score (nSPS) is 15.7. The first kappa shape index (κ1) is 12.7. The quantitative estimate of drug-likeness (QED) is 0.621. The third-order valence-electron chi connectivity index (χ3n) is 2.77. The minimum Gasteiger partial charge on any atom is -0.258 e. The van der Waals surface area contributed by atoms with E-state index < -0.39 is 20.6 Å². The van der Waals surface area contributed by atoms with Crippen LogP contribution in [0.15, 0.2) is 33.6 Å². The Kier molecular flexibility index (Phi) is 3.42. The minimum atomic E-state index is -3.97. The molecular formula is C11H12N2O4S. The molecule has 0 spiro atoms. The molecule has 6 nitrogen and oxygen atoms in total. The van der Waals surface area contributed by atoms with Gasteiger partial charge in [-0.05, 0) is 31.7 Å². The average Bonchev–Trinajstić information content (AvgIpc) is 2.81. The van der Waals surface area contributed by atoms with E-state index in [2.05, 4.69) is 4.40 Å². The van der Waals surface area contributed by atoms with Crippen LogP contribution in [0.3, 0.4) is 0 Å². The highest BCUT2D eigenvalue weighted by molar-refractivity contribution is 7.90. The summed E-state index contributed by atoms with van der Waals surface area (Å²) in [6.45, 7) is 0. The van der Waals surface area contributed by atoms with Crippen LogP contribution in [0, 0.1) is 10.1 Å². The van der Waals surface area contributed by atoms with Crippen molar-refractivity contribution in [2.24, 2.45) is 4.40 Å². The summed E-state index contributed by atoms with van der Waals surface area (Å²) in [4.78, 5) is 9.75. The van der Waals surface area contributed by atoms with Crippen molar-refractivity contribution in [3.63, 3.8) is 0 Å². The molecule has 0 atom stereocenters. The largest absolute Gasteiger partial charge is 0.289 e. The fourth-order valence-corrected chi connectivity index (χ4v) is 3.20. The van der Waals surface area contributed by atoms with Crippen molar-refractivity contribution in [1.29, 1.82) is 0 Å². The summed E-state index contributed by atoms with van der Waals surface area (Å²) in [6, 6.07) is 5.27. The average molecular weight is 268 g/mol. The number of hydrogen-bond acceptors (Lipinski definition) is 4. The van der Waals surface area contributed by atoms with E-state index in [1.807, 2.05) is 0 Å². The van der Waals surface area contributed by atoms with Crippen LogP contribution in [0.1, 0.15) is 25.7 Å². The topological polar surface area (TPSA) is 89.6 Å². The van der Waals surface area contributed by atoms with Gasteiger partial charge in [0.2, 0.25) is 0 Å². The molecule has 0 saturated heterocycles. The lowest BCUT2D eigenvalue weighted by Crippen LogP contribution is -2.04. The molecule has 0 radical (unpaired) electrons. The highest BCUT2D eigenvalue weighted by Crippen LogP contribution is 2.26. The van der Waals surface area contributed by atoms with Crippen molar-refractivity contribution in [2.75, 3.05) is 0 Å². The molecule has 1 saturated carbocycles. The van der Waals surface area contributed by atoms with Gasteiger partial charge < -0.3 is 0 Å². The molecule has 1 aromatic rings. The van der Waals surface area contributed by atoms with Crippen molar-refractivity contribution in [3.8, 4) is 0 Å². The van der Waals surface area contributed by atoms with Crippen molar-refractivity contribution < 1.29 is 13.3 Å². The lowest BCUT2D eigenvalue weighted by Gasteiger charge is -2.01. The molecule has 0 unspecified atom stereocenters. The van der Waals surface area contributed by atoms with Gasteiger partial charge in [0.15, 0.2) is 4.90 Å². The van der Waals surface area contributed by atoms with E-state index in [4.69, 9.17) is 0 Å². The molecule has 7 heteroatoms. The Hall–Kier alpha value is -1.76. The molecule has 2 rings (SSSR count). The minimum absolute atomic E-state index is 0.339. The molecule has 18 heavy (non-hydrogen) atoms. The highest BCUT2D eigenvalue weighted by Gasteiger charge is 2.25. The van der Waals surface area contributed by atoms with Gasteiger partial charge in [0.25, 0.3) is 15.7 Å². The number of nitro benzene ring substituents is 1. The van der Waals surface area contributed by atoms with Gasteiger partial charge in [-0.2, -0.15) is 12.8 Å². The van der Waals surface area contributed by atoms with E-state index in [-0.39, 0.29) is 4.90 Å². The third-order valence-corrected chi connectivity index (χ3v) is 4.17. The summed E-state index contributed by atoms with van der Waals surface area (Å²) in [6.07, 6.45) is 3.15. The van der Waals surface area contributed by atoms with Gasteiger partial charge >= 0.3 is 0 Å². The van der Waals surface area contributed by atoms with Crippen molar-refractivity contribution in [2.45, 2.75) is 30.6 Å². The summed E-state index contributed by atoms with van der Waals surface area (Å²) >= 11 is 0. The van der Waals surface area contributed by atoms with Crippen LogP contribution in [0.2, 0.25) is 0 Å². The van der Waals surface area contributed by atoms with E-state index in [0.29, 0.717) is 18.6 Å². The Balaban J connectivity index is 2.47. The summed E-state index contributed by atoms with van der Waals surface area (Å²) in [5.41, 5.74) is 0.174. The van der Waals surface area contributed by atoms with Gasteiger partial charge in [0.1, 0.15) is 0 Å². The first-order valence-corrected chi connectivity index (χ1v) is 7.01. The van der Waals surface area contributed by atoms with Gasteiger partial charge in [0.05, 0.1) is 4.92 Å². The van der Waals surface area contributed by atoms with Crippen molar-refractivity contribution in [3.05, 3.63) is 34.4 Å². The first-order chi connectivity index (χ1) is 8.50. The monoisotopic (exact) mass is 268 g/mol. The molecule has 0 aliphatic heterocycles. The smallest absolute Gasteiger partial charge is 0.258 e. The number of sulfonamides is 1. The lowest BCUT2D eigenvalue weighted by molar-refractivity contribution is -0.387. The second-order valence-electron chi connectivity index (χ2n) is 4.06. The predicted octanol–water partition coefficient (Wildman–Crippen LogP) is 2.30. The van der Waals surface area contributed by atoms with E-state index in [1.54, 1.807) is 0 Å². The fraction of sp³-hybridized carbons (Fsp3) is 0.364. The summed E-state index contributed by atoms with van der Waals surface area (Å²) < 4.78 is 27.7. The zero-order valence-electron chi connectivity index (χ0n) is 9.57. The van der Waals surface area contributed by atoms with Crippen LogP contribution >= 0.6 is 0 Å². The van der Waals surface area contributed by atoms with Gasteiger partial charge in [-0.1, -0.05) is 12.1 Å².